The van der Waals surface area contributed by atoms with Crippen molar-refractivity contribution in [3.05, 3.63) is 5.82 Å². The Morgan fingerprint density at radius 2 is 2.24 bits per heavy atom. The molecule has 1 saturated carbocycles. The molecule has 6 nitrogen and oxygen atoms in total. The average molecular weight is 255 g/mol. The molecule has 7 heteroatoms. The summed E-state index contributed by atoms with van der Waals surface area (Å²) in [5.41, 5.74) is 0. The zero-order valence-electron chi connectivity index (χ0n) is 9.90. The van der Waals surface area contributed by atoms with Crippen molar-refractivity contribution in [2.45, 2.75) is 36.9 Å². The molecule has 0 radical (unpaired) electrons. The number of aromatic nitrogens is 4. The maximum atomic E-state index is 11.7. The molecule has 1 aliphatic carbocycles. The lowest BCUT2D eigenvalue weighted by Crippen LogP contribution is -2.42. The molecule has 17 heavy (non-hydrogen) atoms. The topological polar surface area (TPSA) is 83.6 Å². The van der Waals surface area contributed by atoms with Gasteiger partial charge in [-0.1, -0.05) is 19.3 Å². The number of hydrogen-bond acceptors (Lipinski definition) is 5. The standard InChI is InChI=1S/C10H17N5OS/c1-17-10(5-3-2-4-6-10)7-11-9(16)8-12-14-15-13-8/h2-7H2,1H3,(H,11,16)(H,12,13,14,15). The van der Waals surface area contributed by atoms with Gasteiger partial charge in [0, 0.05) is 11.3 Å². The Hall–Kier alpha value is -1.11. The molecule has 0 atom stereocenters. The quantitative estimate of drug-likeness (QED) is 0.838. The Bertz CT molecular complexity index is 361. The maximum Gasteiger partial charge on any atom is 0.292 e. The van der Waals surface area contributed by atoms with Crippen molar-refractivity contribution in [2.24, 2.45) is 0 Å². The van der Waals surface area contributed by atoms with E-state index in [1.54, 1.807) is 0 Å². The SMILES string of the molecule is CSC1(CNC(=O)c2nn[nH]n2)CCCCC1. The third-order valence-electron chi connectivity index (χ3n) is 3.32. The van der Waals surface area contributed by atoms with Crippen molar-refractivity contribution >= 4 is 17.7 Å². The van der Waals surface area contributed by atoms with Crippen molar-refractivity contribution in [1.82, 2.24) is 25.9 Å². The van der Waals surface area contributed by atoms with Crippen LogP contribution in [0.2, 0.25) is 0 Å². The number of tetrazole rings is 1. The number of nitrogens with zero attached hydrogens (tertiary/aromatic N) is 3. The minimum absolute atomic E-state index is 0.108. The highest BCUT2D eigenvalue weighted by atomic mass is 32.2. The molecule has 1 heterocycles. The van der Waals surface area contributed by atoms with Gasteiger partial charge in [0.1, 0.15) is 0 Å². The van der Waals surface area contributed by atoms with Crippen LogP contribution in [0.25, 0.3) is 0 Å². The van der Waals surface area contributed by atoms with Crippen molar-refractivity contribution in [2.75, 3.05) is 12.8 Å². The lowest BCUT2D eigenvalue weighted by Gasteiger charge is -2.35. The number of hydrogen-bond donors (Lipinski definition) is 2. The smallest absolute Gasteiger partial charge is 0.292 e. The summed E-state index contributed by atoms with van der Waals surface area (Å²) in [4.78, 5) is 11.7. The van der Waals surface area contributed by atoms with Gasteiger partial charge in [0.2, 0.25) is 0 Å². The number of carbonyl (C=O) groups is 1. The zero-order valence-corrected chi connectivity index (χ0v) is 10.7. The molecule has 0 spiro atoms. The van der Waals surface area contributed by atoms with Crippen molar-refractivity contribution in [3.8, 4) is 0 Å². The number of nitrogens with one attached hydrogen (secondary N) is 2. The highest BCUT2D eigenvalue weighted by Gasteiger charge is 2.31. The Balaban J connectivity index is 1.89. The third kappa shape index (κ3) is 2.96. The molecule has 1 aliphatic rings. The molecule has 1 amide bonds. The van der Waals surface area contributed by atoms with Gasteiger partial charge in [0.05, 0.1) is 0 Å². The number of H-pyrrole nitrogens is 1. The van der Waals surface area contributed by atoms with Crippen LogP contribution >= 0.6 is 11.8 Å². The van der Waals surface area contributed by atoms with Gasteiger partial charge in [-0.25, -0.2) is 0 Å². The van der Waals surface area contributed by atoms with Gasteiger partial charge < -0.3 is 5.32 Å². The molecule has 0 bridgehead atoms. The normalized spacial score (nSPS) is 18.9. The highest BCUT2D eigenvalue weighted by molar-refractivity contribution is 8.00. The van der Waals surface area contributed by atoms with Crippen LogP contribution in [0.1, 0.15) is 42.7 Å². The molecule has 2 rings (SSSR count). The summed E-state index contributed by atoms with van der Waals surface area (Å²) in [6.07, 6.45) is 8.26. The van der Waals surface area contributed by atoms with Crippen LogP contribution in [0.15, 0.2) is 0 Å². The van der Waals surface area contributed by atoms with Crippen LogP contribution in [0.4, 0.5) is 0 Å². The lowest BCUT2D eigenvalue weighted by atomic mass is 9.88. The van der Waals surface area contributed by atoms with E-state index >= 15 is 0 Å². The molecule has 1 fully saturated rings. The first-order chi connectivity index (χ1) is 8.26. The molecule has 1 aromatic heterocycles. The van der Waals surface area contributed by atoms with E-state index in [1.165, 1.54) is 32.1 Å². The zero-order chi connectivity index (χ0) is 12.1. The summed E-state index contributed by atoms with van der Waals surface area (Å²) >= 11 is 1.85. The van der Waals surface area contributed by atoms with E-state index in [2.05, 4.69) is 32.2 Å². The van der Waals surface area contributed by atoms with Gasteiger partial charge in [-0.2, -0.15) is 17.0 Å². The van der Waals surface area contributed by atoms with Crippen LogP contribution in [-0.2, 0) is 0 Å². The third-order valence-corrected chi connectivity index (χ3v) is 4.74. The van der Waals surface area contributed by atoms with Gasteiger partial charge >= 0.3 is 0 Å². The first-order valence-electron chi connectivity index (χ1n) is 5.83. The van der Waals surface area contributed by atoms with Gasteiger partial charge in [-0.05, 0) is 24.3 Å². The fourth-order valence-corrected chi connectivity index (χ4v) is 3.14. The molecule has 0 saturated heterocycles. The van der Waals surface area contributed by atoms with E-state index in [4.69, 9.17) is 0 Å². The van der Waals surface area contributed by atoms with E-state index in [0.717, 1.165) is 0 Å². The summed E-state index contributed by atoms with van der Waals surface area (Å²) in [5.74, 6) is -0.144. The summed E-state index contributed by atoms with van der Waals surface area (Å²) in [5, 5.41) is 15.9. The Kier molecular flexibility index (Phi) is 3.98. The molecule has 2 N–H and O–H groups in total. The number of amides is 1. The highest BCUT2D eigenvalue weighted by Crippen LogP contribution is 2.37. The Morgan fingerprint density at radius 1 is 1.47 bits per heavy atom. The predicted octanol–water partition coefficient (Wildman–Crippen LogP) is 0.995. The van der Waals surface area contributed by atoms with E-state index < -0.39 is 0 Å². The van der Waals surface area contributed by atoms with E-state index in [-0.39, 0.29) is 16.5 Å². The van der Waals surface area contributed by atoms with E-state index in [0.29, 0.717) is 6.54 Å². The molecule has 0 aromatic carbocycles. The monoisotopic (exact) mass is 255 g/mol. The average Bonchev–Trinajstić information content (AvgIpc) is 2.91. The number of rotatable bonds is 4. The maximum absolute atomic E-state index is 11.7. The summed E-state index contributed by atoms with van der Waals surface area (Å²) in [6.45, 7) is 0.682. The van der Waals surface area contributed by atoms with Crippen LogP contribution < -0.4 is 5.32 Å². The molecule has 94 valence electrons. The van der Waals surface area contributed by atoms with Crippen LogP contribution in [0, 0.1) is 0 Å². The van der Waals surface area contributed by atoms with Gasteiger partial charge in [0.25, 0.3) is 11.7 Å². The van der Waals surface area contributed by atoms with Crippen LogP contribution in [-0.4, -0.2) is 44.1 Å². The van der Waals surface area contributed by atoms with E-state index in [1.807, 2.05) is 11.8 Å². The van der Waals surface area contributed by atoms with Gasteiger partial charge in [0.15, 0.2) is 0 Å². The first kappa shape index (κ1) is 12.3. The fraction of sp³-hybridized carbons (Fsp3) is 0.800. The van der Waals surface area contributed by atoms with Gasteiger partial charge in [-0.15, -0.1) is 10.2 Å². The predicted molar refractivity (Wildman–Crippen MR) is 65.8 cm³/mol. The van der Waals surface area contributed by atoms with Crippen LogP contribution in [0.3, 0.4) is 0 Å². The second kappa shape index (κ2) is 5.48. The molecule has 0 aliphatic heterocycles. The lowest BCUT2D eigenvalue weighted by molar-refractivity contribution is 0.0936. The second-order valence-corrected chi connectivity index (χ2v) is 5.64. The Labute approximate surface area is 104 Å². The molecule has 0 unspecified atom stereocenters. The van der Waals surface area contributed by atoms with Crippen molar-refractivity contribution < 1.29 is 4.79 Å². The largest absolute Gasteiger partial charge is 0.348 e. The second-order valence-electron chi connectivity index (χ2n) is 4.37. The van der Waals surface area contributed by atoms with E-state index in [9.17, 15) is 4.79 Å². The summed E-state index contributed by atoms with van der Waals surface area (Å²) < 4.78 is 0.192. The summed E-state index contributed by atoms with van der Waals surface area (Å²) in [7, 11) is 0. The molecular weight excluding hydrogens is 238 g/mol. The molecular formula is C10H17N5OS. The number of aromatic amines is 1. The van der Waals surface area contributed by atoms with Crippen molar-refractivity contribution in [3.63, 3.8) is 0 Å². The van der Waals surface area contributed by atoms with Gasteiger partial charge in [-0.3, -0.25) is 4.79 Å². The Morgan fingerprint density at radius 3 is 2.82 bits per heavy atom. The number of carbonyl (C=O) groups excluding carboxylic acids is 1. The molecule has 1 aromatic rings. The number of thioether (sulfide) groups is 1. The minimum atomic E-state index is -0.252. The first-order valence-corrected chi connectivity index (χ1v) is 7.05. The fourth-order valence-electron chi connectivity index (χ4n) is 2.23. The van der Waals surface area contributed by atoms with Crippen LogP contribution in [0.5, 0.6) is 0 Å². The van der Waals surface area contributed by atoms with Crippen molar-refractivity contribution in [1.29, 1.82) is 0 Å². The minimum Gasteiger partial charge on any atom is -0.348 e. The summed E-state index contributed by atoms with van der Waals surface area (Å²) in [6, 6.07) is 0.